The molecule has 0 spiro atoms. The number of esters is 1. The van der Waals surface area contributed by atoms with Gasteiger partial charge in [-0.15, -0.1) is 0 Å². The van der Waals surface area contributed by atoms with Crippen LogP contribution in [0.5, 0.6) is 5.75 Å². The van der Waals surface area contributed by atoms with Crippen molar-refractivity contribution >= 4 is 23.5 Å². The predicted molar refractivity (Wildman–Crippen MR) is 60.0 cm³/mol. The molecular formula is C11H6N2O6. The predicted octanol–water partition coefficient (Wildman–Crippen LogP) is 0.0830. The normalized spacial score (nSPS) is 13.8. The zero-order chi connectivity index (χ0) is 14.0. The quantitative estimate of drug-likeness (QED) is 0.206. The fraction of sp³-hybridized carbons (Fsp3) is 0. The van der Waals surface area contributed by atoms with Crippen molar-refractivity contribution in [3.8, 4) is 5.75 Å². The second-order valence-electron chi connectivity index (χ2n) is 3.52. The van der Waals surface area contributed by atoms with E-state index in [1.807, 2.05) is 5.32 Å². The van der Waals surface area contributed by atoms with Crippen molar-refractivity contribution in [2.45, 2.75) is 0 Å². The van der Waals surface area contributed by atoms with E-state index >= 15 is 0 Å². The van der Waals surface area contributed by atoms with Crippen LogP contribution in [0.1, 0.15) is 0 Å². The summed E-state index contributed by atoms with van der Waals surface area (Å²) in [5.41, 5.74) is -0.573. The first-order valence-corrected chi connectivity index (χ1v) is 5.01. The average molecular weight is 262 g/mol. The van der Waals surface area contributed by atoms with Gasteiger partial charge in [0.1, 0.15) is 11.3 Å². The molecule has 1 aliphatic rings. The first-order chi connectivity index (χ1) is 8.97. The third kappa shape index (κ3) is 2.63. The average Bonchev–Trinajstić information content (AvgIpc) is 2.69. The standard InChI is InChI=1S/C11H6N2O6/c14-9-5-8(10(15)12-9)11(16)19-7-3-1-6(2-4-7)13(17)18/h1-5H,(H,12,14,15). The topological polar surface area (TPSA) is 116 Å². The number of amides is 2. The summed E-state index contributed by atoms with van der Waals surface area (Å²) in [5, 5.41) is 12.3. The molecule has 0 radical (unpaired) electrons. The lowest BCUT2D eigenvalue weighted by Crippen LogP contribution is -2.26. The molecule has 0 saturated heterocycles. The molecular weight excluding hydrogens is 256 g/mol. The van der Waals surface area contributed by atoms with Gasteiger partial charge < -0.3 is 4.74 Å². The summed E-state index contributed by atoms with van der Waals surface area (Å²) in [6.45, 7) is 0. The van der Waals surface area contributed by atoms with E-state index in [2.05, 4.69) is 0 Å². The minimum Gasteiger partial charge on any atom is -0.423 e. The van der Waals surface area contributed by atoms with Gasteiger partial charge >= 0.3 is 5.97 Å². The number of ether oxygens (including phenoxy) is 1. The number of carbonyl (C=O) groups is 3. The lowest BCUT2D eigenvalue weighted by atomic mass is 10.2. The van der Waals surface area contributed by atoms with Crippen molar-refractivity contribution < 1.29 is 24.0 Å². The molecule has 1 heterocycles. The number of nitrogens with zero attached hydrogens (tertiary/aromatic N) is 1. The minimum absolute atomic E-state index is 0.0312. The van der Waals surface area contributed by atoms with Gasteiger partial charge in [-0.3, -0.25) is 25.0 Å². The molecule has 0 aromatic heterocycles. The summed E-state index contributed by atoms with van der Waals surface area (Å²) >= 11 is 0. The van der Waals surface area contributed by atoms with Crippen molar-refractivity contribution in [3.05, 3.63) is 46.0 Å². The summed E-state index contributed by atoms with van der Waals surface area (Å²) in [6.07, 6.45) is 0.829. The van der Waals surface area contributed by atoms with E-state index in [9.17, 15) is 24.5 Å². The maximum absolute atomic E-state index is 11.6. The van der Waals surface area contributed by atoms with Gasteiger partial charge in [0.15, 0.2) is 0 Å². The van der Waals surface area contributed by atoms with Crippen LogP contribution in [0.25, 0.3) is 0 Å². The van der Waals surface area contributed by atoms with E-state index in [1.54, 1.807) is 0 Å². The Morgan fingerprint density at radius 3 is 2.32 bits per heavy atom. The molecule has 1 aromatic rings. The van der Waals surface area contributed by atoms with Crippen molar-refractivity contribution in [2.75, 3.05) is 0 Å². The van der Waals surface area contributed by atoms with Crippen LogP contribution >= 0.6 is 0 Å². The van der Waals surface area contributed by atoms with E-state index in [1.165, 1.54) is 12.1 Å². The van der Waals surface area contributed by atoms with Gasteiger partial charge in [0.05, 0.1) is 4.92 Å². The first-order valence-electron chi connectivity index (χ1n) is 5.01. The molecule has 0 saturated carbocycles. The molecule has 1 aromatic carbocycles. The monoisotopic (exact) mass is 262 g/mol. The highest BCUT2D eigenvalue weighted by Crippen LogP contribution is 2.18. The highest BCUT2D eigenvalue weighted by molar-refractivity contribution is 6.28. The van der Waals surface area contributed by atoms with E-state index in [4.69, 9.17) is 4.74 Å². The van der Waals surface area contributed by atoms with E-state index in [0.29, 0.717) is 0 Å². The molecule has 0 fully saturated rings. The molecule has 19 heavy (non-hydrogen) atoms. The smallest absolute Gasteiger partial charge is 0.349 e. The fourth-order valence-electron chi connectivity index (χ4n) is 1.36. The van der Waals surface area contributed by atoms with Crippen LogP contribution in [0.2, 0.25) is 0 Å². The van der Waals surface area contributed by atoms with Crippen molar-refractivity contribution in [3.63, 3.8) is 0 Å². The number of hydrogen-bond acceptors (Lipinski definition) is 6. The molecule has 2 amide bonds. The maximum atomic E-state index is 11.6. The van der Waals surface area contributed by atoms with Crippen molar-refractivity contribution in [2.24, 2.45) is 0 Å². The van der Waals surface area contributed by atoms with Crippen LogP contribution in [0.4, 0.5) is 5.69 Å². The summed E-state index contributed by atoms with van der Waals surface area (Å²) in [4.78, 5) is 43.4. The van der Waals surface area contributed by atoms with E-state index < -0.39 is 28.3 Å². The maximum Gasteiger partial charge on any atom is 0.349 e. The zero-order valence-electron chi connectivity index (χ0n) is 9.28. The number of nitro groups is 1. The molecule has 0 atom stereocenters. The molecule has 1 aliphatic heterocycles. The summed E-state index contributed by atoms with van der Waals surface area (Å²) in [7, 11) is 0. The van der Waals surface area contributed by atoms with Crippen LogP contribution in [-0.4, -0.2) is 22.7 Å². The number of nitro benzene ring substituents is 1. The zero-order valence-corrected chi connectivity index (χ0v) is 9.28. The summed E-state index contributed by atoms with van der Waals surface area (Å²) < 4.78 is 4.81. The number of carbonyl (C=O) groups excluding carboxylic acids is 3. The number of nitrogens with one attached hydrogen (secondary N) is 1. The number of hydrogen-bond donors (Lipinski definition) is 1. The highest BCUT2D eigenvalue weighted by atomic mass is 16.6. The Balaban J connectivity index is 2.11. The Labute approximate surface area is 105 Å². The van der Waals surface area contributed by atoms with Gasteiger partial charge in [-0.25, -0.2) is 4.79 Å². The minimum atomic E-state index is -1.00. The van der Waals surface area contributed by atoms with Gasteiger partial charge in [-0.1, -0.05) is 0 Å². The molecule has 2 rings (SSSR count). The largest absolute Gasteiger partial charge is 0.423 e. The Morgan fingerprint density at radius 1 is 1.21 bits per heavy atom. The molecule has 96 valence electrons. The first kappa shape index (κ1) is 12.4. The second kappa shape index (κ2) is 4.69. The van der Waals surface area contributed by atoms with Crippen LogP contribution in [0.15, 0.2) is 35.9 Å². The summed E-state index contributed by atoms with van der Waals surface area (Å²) in [5.74, 6) is -2.50. The van der Waals surface area contributed by atoms with Crippen LogP contribution in [0.3, 0.4) is 0 Å². The summed E-state index contributed by atoms with van der Waals surface area (Å²) in [6, 6.07) is 4.73. The van der Waals surface area contributed by atoms with Crippen molar-refractivity contribution in [1.82, 2.24) is 5.32 Å². The second-order valence-corrected chi connectivity index (χ2v) is 3.52. The molecule has 0 bridgehead atoms. The Kier molecular flexibility index (Phi) is 3.06. The fourth-order valence-corrected chi connectivity index (χ4v) is 1.36. The van der Waals surface area contributed by atoms with Crippen molar-refractivity contribution in [1.29, 1.82) is 0 Å². The van der Waals surface area contributed by atoms with Gasteiger partial charge in [-0.2, -0.15) is 0 Å². The molecule has 0 aliphatic carbocycles. The Hall–Kier alpha value is -3.03. The Bertz CT molecular complexity index is 617. The van der Waals surface area contributed by atoms with Gasteiger partial charge in [0, 0.05) is 18.2 Å². The SMILES string of the molecule is O=C1C=C(C(=O)Oc2ccc([N+](=O)[O-])cc2)C(=O)N1. The lowest BCUT2D eigenvalue weighted by Gasteiger charge is -2.02. The molecule has 1 N–H and O–H groups in total. The highest BCUT2D eigenvalue weighted by Gasteiger charge is 2.28. The number of non-ortho nitro benzene ring substituents is 1. The molecule has 8 heteroatoms. The van der Waals surface area contributed by atoms with Crippen LogP contribution < -0.4 is 10.1 Å². The van der Waals surface area contributed by atoms with Crippen LogP contribution in [0, 0.1) is 10.1 Å². The van der Waals surface area contributed by atoms with Gasteiger partial charge in [-0.05, 0) is 12.1 Å². The third-order valence-corrected chi connectivity index (χ3v) is 2.23. The number of imide groups is 1. The third-order valence-electron chi connectivity index (χ3n) is 2.23. The molecule has 8 nitrogen and oxygen atoms in total. The van der Waals surface area contributed by atoms with E-state index in [-0.39, 0.29) is 11.4 Å². The lowest BCUT2D eigenvalue weighted by molar-refractivity contribution is -0.384. The number of rotatable bonds is 3. The van der Waals surface area contributed by atoms with Gasteiger partial charge in [0.25, 0.3) is 17.5 Å². The number of benzene rings is 1. The van der Waals surface area contributed by atoms with Gasteiger partial charge in [0.2, 0.25) is 0 Å². The van der Waals surface area contributed by atoms with E-state index in [0.717, 1.165) is 18.2 Å². The molecule has 0 unspecified atom stereocenters. The van der Waals surface area contributed by atoms with Crippen LogP contribution in [-0.2, 0) is 14.4 Å². The Morgan fingerprint density at radius 2 is 1.84 bits per heavy atom.